The summed E-state index contributed by atoms with van der Waals surface area (Å²) in [5.74, 6) is -0.638. The Hall–Kier alpha value is -2.63. The van der Waals surface area contributed by atoms with E-state index in [1.165, 1.54) is 20.3 Å². The molecule has 1 N–H and O–H groups in total. The van der Waals surface area contributed by atoms with Gasteiger partial charge in [0.05, 0.1) is 19.9 Å². The van der Waals surface area contributed by atoms with Crippen LogP contribution in [0.4, 0.5) is 5.82 Å². The number of ether oxygens (including phenoxy) is 2. The van der Waals surface area contributed by atoms with Crippen molar-refractivity contribution < 1.29 is 19.1 Å². The van der Waals surface area contributed by atoms with E-state index in [0.717, 1.165) is 0 Å². The zero-order valence-corrected chi connectivity index (χ0v) is 10.5. The molecule has 1 aromatic heterocycles. The van der Waals surface area contributed by atoms with Crippen LogP contribution in [0.25, 0.3) is 0 Å². The van der Waals surface area contributed by atoms with Crippen molar-refractivity contribution in [3.63, 3.8) is 0 Å². The van der Waals surface area contributed by atoms with E-state index in [1.807, 2.05) is 0 Å². The van der Waals surface area contributed by atoms with E-state index in [4.69, 9.17) is 9.47 Å². The Morgan fingerprint density at radius 1 is 1.11 bits per heavy atom. The van der Waals surface area contributed by atoms with Crippen LogP contribution in [0.5, 0.6) is 0 Å². The standard InChI is InChI=1S/C13H12N2O4/c1-18-12-9(16)7-8(11(17)13(12)19-2)15-10-5-3-4-6-14-10/h3-7H,1-2H3,(H,14,15). The molecule has 0 saturated carbocycles. The molecule has 19 heavy (non-hydrogen) atoms. The minimum atomic E-state index is -0.454. The third-order valence-corrected chi connectivity index (χ3v) is 2.49. The Balaban J connectivity index is 2.30. The Morgan fingerprint density at radius 3 is 2.42 bits per heavy atom. The second-order valence-corrected chi connectivity index (χ2v) is 3.66. The Bertz CT molecular complexity index is 576. The number of ketones is 2. The molecule has 0 fully saturated rings. The van der Waals surface area contributed by atoms with Crippen molar-refractivity contribution in [1.82, 2.24) is 4.98 Å². The number of nitrogens with one attached hydrogen (secondary N) is 1. The van der Waals surface area contributed by atoms with Gasteiger partial charge < -0.3 is 14.8 Å². The SMILES string of the molecule is COC1=C(OC)C(=O)C(Nc2ccccn2)=CC1=O. The summed E-state index contributed by atoms with van der Waals surface area (Å²) in [4.78, 5) is 27.9. The van der Waals surface area contributed by atoms with E-state index in [-0.39, 0.29) is 17.2 Å². The van der Waals surface area contributed by atoms with Crippen LogP contribution < -0.4 is 5.32 Å². The summed E-state index contributed by atoms with van der Waals surface area (Å²) < 4.78 is 9.80. The summed E-state index contributed by atoms with van der Waals surface area (Å²) in [6, 6.07) is 5.19. The van der Waals surface area contributed by atoms with E-state index in [9.17, 15) is 9.59 Å². The summed E-state index contributed by atoms with van der Waals surface area (Å²) in [5.41, 5.74) is 0.0985. The van der Waals surface area contributed by atoms with Crippen molar-refractivity contribution >= 4 is 17.4 Å². The molecule has 1 aliphatic rings. The molecule has 1 aliphatic carbocycles. The molecule has 0 aromatic carbocycles. The van der Waals surface area contributed by atoms with Crippen molar-refractivity contribution in [2.24, 2.45) is 0 Å². The summed E-state index contributed by atoms with van der Waals surface area (Å²) in [6.45, 7) is 0. The van der Waals surface area contributed by atoms with Crippen molar-refractivity contribution in [2.45, 2.75) is 0 Å². The molecular formula is C13H12N2O4. The zero-order chi connectivity index (χ0) is 13.8. The average Bonchev–Trinajstić information content (AvgIpc) is 2.43. The van der Waals surface area contributed by atoms with Gasteiger partial charge in [-0.3, -0.25) is 9.59 Å². The summed E-state index contributed by atoms with van der Waals surface area (Å²) >= 11 is 0. The number of carbonyl (C=O) groups excluding carboxylic acids is 2. The van der Waals surface area contributed by atoms with Crippen molar-refractivity contribution in [3.05, 3.63) is 47.7 Å². The largest absolute Gasteiger partial charge is 0.490 e. The first-order valence-electron chi connectivity index (χ1n) is 5.48. The van der Waals surface area contributed by atoms with Crippen LogP contribution in [0.3, 0.4) is 0 Å². The smallest absolute Gasteiger partial charge is 0.247 e. The topological polar surface area (TPSA) is 77.5 Å². The van der Waals surface area contributed by atoms with Crippen LogP contribution in [0.15, 0.2) is 47.7 Å². The maximum absolute atomic E-state index is 12.1. The molecule has 0 unspecified atom stereocenters. The molecule has 0 amide bonds. The van der Waals surface area contributed by atoms with Gasteiger partial charge in [0.1, 0.15) is 5.82 Å². The molecular weight excluding hydrogens is 248 g/mol. The Kier molecular flexibility index (Phi) is 3.61. The first kappa shape index (κ1) is 12.8. The van der Waals surface area contributed by atoms with Gasteiger partial charge in [0.2, 0.25) is 23.1 Å². The lowest BCUT2D eigenvalue weighted by atomic mass is 10.1. The second-order valence-electron chi connectivity index (χ2n) is 3.66. The van der Waals surface area contributed by atoms with E-state index >= 15 is 0 Å². The number of pyridine rings is 1. The first-order valence-corrected chi connectivity index (χ1v) is 5.48. The molecule has 1 heterocycles. The van der Waals surface area contributed by atoms with Gasteiger partial charge >= 0.3 is 0 Å². The highest BCUT2D eigenvalue weighted by atomic mass is 16.5. The third-order valence-electron chi connectivity index (χ3n) is 2.49. The number of methoxy groups -OCH3 is 2. The molecule has 0 saturated heterocycles. The average molecular weight is 260 g/mol. The number of nitrogens with zero attached hydrogens (tertiary/aromatic N) is 1. The molecule has 6 heteroatoms. The fraction of sp³-hybridized carbons (Fsp3) is 0.154. The number of anilines is 1. The van der Waals surface area contributed by atoms with Crippen molar-refractivity contribution in [3.8, 4) is 0 Å². The van der Waals surface area contributed by atoms with E-state index in [1.54, 1.807) is 24.4 Å². The fourth-order valence-electron chi connectivity index (χ4n) is 1.65. The van der Waals surface area contributed by atoms with Crippen LogP contribution in [-0.2, 0) is 19.1 Å². The number of allylic oxidation sites excluding steroid dienone is 1. The third kappa shape index (κ3) is 2.47. The van der Waals surface area contributed by atoms with Gasteiger partial charge in [-0.25, -0.2) is 4.98 Å². The molecule has 0 radical (unpaired) electrons. The Labute approximate surface area is 109 Å². The quantitative estimate of drug-likeness (QED) is 0.815. The number of Topliss-reactive ketones (excluding diaryl/α,β-unsaturated/α-hetero) is 1. The summed E-state index contributed by atoms with van der Waals surface area (Å²) in [7, 11) is 2.62. The molecule has 0 spiro atoms. The lowest BCUT2D eigenvalue weighted by Gasteiger charge is -2.17. The zero-order valence-electron chi connectivity index (χ0n) is 10.5. The molecule has 0 atom stereocenters. The van der Waals surface area contributed by atoms with Gasteiger partial charge in [-0.15, -0.1) is 0 Å². The minimum absolute atomic E-state index is 0.0981. The molecule has 2 rings (SSSR count). The number of hydrogen-bond acceptors (Lipinski definition) is 6. The molecule has 0 aliphatic heterocycles. The predicted octanol–water partition coefficient (Wildman–Crippen LogP) is 1.03. The maximum atomic E-state index is 12.1. The molecule has 1 aromatic rings. The van der Waals surface area contributed by atoms with Crippen LogP contribution in [-0.4, -0.2) is 30.8 Å². The normalized spacial score (nSPS) is 15.2. The van der Waals surface area contributed by atoms with E-state index in [0.29, 0.717) is 5.82 Å². The van der Waals surface area contributed by atoms with Gasteiger partial charge in [0, 0.05) is 12.3 Å². The van der Waals surface area contributed by atoms with Crippen molar-refractivity contribution in [1.29, 1.82) is 0 Å². The summed E-state index contributed by atoms with van der Waals surface area (Å²) in [5, 5.41) is 2.78. The number of hydrogen-bond donors (Lipinski definition) is 1. The van der Waals surface area contributed by atoms with Crippen LogP contribution >= 0.6 is 0 Å². The van der Waals surface area contributed by atoms with Gasteiger partial charge in [-0.1, -0.05) is 6.07 Å². The molecule has 98 valence electrons. The van der Waals surface area contributed by atoms with Gasteiger partial charge in [-0.05, 0) is 12.1 Å². The van der Waals surface area contributed by atoms with Gasteiger partial charge in [0.25, 0.3) is 0 Å². The highest BCUT2D eigenvalue weighted by Crippen LogP contribution is 2.21. The lowest BCUT2D eigenvalue weighted by molar-refractivity contribution is -0.120. The van der Waals surface area contributed by atoms with Crippen LogP contribution in [0.1, 0.15) is 0 Å². The number of aromatic nitrogens is 1. The minimum Gasteiger partial charge on any atom is -0.490 e. The fourth-order valence-corrected chi connectivity index (χ4v) is 1.65. The molecule has 0 bridgehead atoms. The monoisotopic (exact) mass is 260 g/mol. The summed E-state index contributed by atoms with van der Waals surface area (Å²) in [6.07, 6.45) is 2.74. The van der Waals surface area contributed by atoms with E-state index in [2.05, 4.69) is 10.3 Å². The maximum Gasteiger partial charge on any atom is 0.247 e. The van der Waals surface area contributed by atoms with Crippen LogP contribution in [0.2, 0.25) is 0 Å². The molecule has 6 nitrogen and oxygen atoms in total. The van der Waals surface area contributed by atoms with Gasteiger partial charge in [-0.2, -0.15) is 0 Å². The van der Waals surface area contributed by atoms with Gasteiger partial charge in [0.15, 0.2) is 0 Å². The second kappa shape index (κ2) is 5.34. The lowest BCUT2D eigenvalue weighted by Crippen LogP contribution is -2.25. The number of rotatable bonds is 4. The van der Waals surface area contributed by atoms with Crippen LogP contribution in [0, 0.1) is 0 Å². The first-order chi connectivity index (χ1) is 9.17. The van der Waals surface area contributed by atoms with Crippen molar-refractivity contribution in [2.75, 3.05) is 19.5 Å². The Morgan fingerprint density at radius 2 is 1.84 bits per heavy atom. The predicted molar refractivity (Wildman–Crippen MR) is 67.0 cm³/mol. The highest BCUT2D eigenvalue weighted by Gasteiger charge is 2.30. The number of carbonyl (C=O) groups is 2. The van der Waals surface area contributed by atoms with E-state index < -0.39 is 11.6 Å². The highest BCUT2D eigenvalue weighted by molar-refractivity contribution is 6.22.